The number of hydrogen-bond acceptors (Lipinski definition) is 5. The van der Waals surface area contributed by atoms with Crippen molar-refractivity contribution in [1.29, 1.82) is 0 Å². The van der Waals surface area contributed by atoms with Gasteiger partial charge in [-0.1, -0.05) is 23.7 Å². The highest BCUT2D eigenvalue weighted by molar-refractivity contribution is 6.32. The number of carbonyl (C=O) groups is 2. The quantitative estimate of drug-likeness (QED) is 0.579. The fraction of sp³-hybridized carbons (Fsp3) is 0.500. The van der Waals surface area contributed by atoms with Gasteiger partial charge in [0.25, 0.3) is 0 Å². The first-order valence-electron chi connectivity index (χ1n) is 12.2. The summed E-state index contributed by atoms with van der Waals surface area (Å²) >= 11 is 6.31. The predicted octanol–water partition coefficient (Wildman–Crippen LogP) is 5.26. The Morgan fingerprint density at radius 1 is 1.14 bits per heavy atom. The molecule has 8 nitrogen and oxygen atoms in total. The van der Waals surface area contributed by atoms with Crippen molar-refractivity contribution in [3.05, 3.63) is 41.6 Å². The van der Waals surface area contributed by atoms with Crippen molar-refractivity contribution < 1.29 is 14.3 Å². The molecule has 3 heterocycles. The molecule has 35 heavy (non-hydrogen) atoms. The van der Waals surface area contributed by atoms with Crippen molar-refractivity contribution in [3.8, 4) is 11.1 Å². The van der Waals surface area contributed by atoms with E-state index in [9.17, 15) is 9.59 Å². The van der Waals surface area contributed by atoms with Gasteiger partial charge in [-0.05, 0) is 75.8 Å². The maximum absolute atomic E-state index is 13.4. The van der Waals surface area contributed by atoms with Crippen molar-refractivity contribution in [1.82, 2.24) is 14.8 Å². The highest BCUT2D eigenvalue weighted by Crippen LogP contribution is 2.31. The third-order valence-corrected chi connectivity index (χ3v) is 6.68. The molecule has 2 aliphatic rings. The molecule has 1 aromatic carbocycles. The van der Waals surface area contributed by atoms with E-state index in [0.717, 1.165) is 42.6 Å². The predicted molar refractivity (Wildman–Crippen MR) is 139 cm³/mol. The molecule has 0 aliphatic carbocycles. The molecular formula is C26H34ClN5O3. The fourth-order valence-corrected chi connectivity index (χ4v) is 4.90. The molecule has 3 amide bonds. The molecule has 0 saturated carbocycles. The molecule has 0 unspecified atom stereocenters. The second-order valence-corrected chi connectivity index (χ2v) is 10.6. The van der Waals surface area contributed by atoms with Crippen molar-refractivity contribution in [2.45, 2.75) is 45.6 Å². The maximum atomic E-state index is 13.4. The standard InChI is InChI=1S/C26H34ClN5O3/c1-26(2,3)35-25(34)30-14-10-18(11-15-30)17-31-12-5-13-32(24(31)33)20-7-4-6-19(16-20)21-8-9-22(28)29-23(21)27/h4,6-9,16,18H,5,10-15,17H2,1-3H3,(H2,28,29). The highest BCUT2D eigenvalue weighted by atomic mass is 35.5. The van der Waals surface area contributed by atoms with Gasteiger partial charge < -0.3 is 20.3 Å². The van der Waals surface area contributed by atoms with Crippen LogP contribution in [0.1, 0.15) is 40.0 Å². The summed E-state index contributed by atoms with van der Waals surface area (Å²) in [4.78, 5) is 35.4. The number of benzene rings is 1. The Morgan fingerprint density at radius 2 is 1.89 bits per heavy atom. The van der Waals surface area contributed by atoms with E-state index in [1.807, 2.05) is 60.9 Å². The number of aromatic nitrogens is 1. The second kappa shape index (κ2) is 10.3. The number of ether oxygens (including phenoxy) is 1. The van der Waals surface area contributed by atoms with Crippen molar-refractivity contribution in [3.63, 3.8) is 0 Å². The number of rotatable bonds is 4. The minimum atomic E-state index is -0.495. The van der Waals surface area contributed by atoms with E-state index in [1.54, 1.807) is 11.0 Å². The molecule has 2 fully saturated rings. The summed E-state index contributed by atoms with van der Waals surface area (Å²) in [5.74, 6) is 0.734. The van der Waals surface area contributed by atoms with Gasteiger partial charge in [0.05, 0.1) is 0 Å². The minimum absolute atomic E-state index is 0.0181. The van der Waals surface area contributed by atoms with Gasteiger partial charge in [-0.3, -0.25) is 4.90 Å². The number of piperidine rings is 1. The van der Waals surface area contributed by atoms with E-state index in [1.165, 1.54) is 0 Å². The lowest BCUT2D eigenvalue weighted by molar-refractivity contribution is 0.0173. The largest absolute Gasteiger partial charge is 0.444 e. The summed E-state index contributed by atoms with van der Waals surface area (Å²) in [7, 11) is 0. The van der Waals surface area contributed by atoms with Crippen LogP contribution in [0.5, 0.6) is 0 Å². The number of nitrogens with zero attached hydrogens (tertiary/aromatic N) is 4. The molecule has 2 N–H and O–H groups in total. The first kappa shape index (κ1) is 25.1. The van der Waals surface area contributed by atoms with Gasteiger partial charge in [0.2, 0.25) is 0 Å². The van der Waals surface area contributed by atoms with Gasteiger partial charge >= 0.3 is 12.1 Å². The number of anilines is 2. The zero-order valence-corrected chi connectivity index (χ0v) is 21.4. The molecule has 2 saturated heterocycles. The molecule has 0 atom stereocenters. The van der Waals surface area contributed by atoms with Crippen LogP contribution >= 0.6 is 11.6 Å². The average molecular weight is 500 g/mol. The fourth-order valence-electron chi connectivity index (χ4n) is 4.63. The zero-order valence-electron chi connectivity index (χ0n) is 20.7. The Kier molecular flexibility index (Phi) is 7.40. The number of carbonyl (C=O) groups excluding carboxylic acids is 2. The summed E-state index contributed by atoms with van der Waals surface area (Å²) in [6, 6.07) is 11.4. The number of hydrogen-bond donors (Lipinski definition) is 1. The highest BCUT2D eigenvalue weighted by Gasteiger charge is 2.32. The van der Waals surface area contributed by atoms with Crippen LogP contribution in [0.3, 0.4) is 0 Å². The van der Waals surface area contributed by atoms with E-state index in [-0.39, 0.29) is 12.1 Å². The average Bonchev–Trinajstić information content (AvgIpc) is 2.80. The van der Waals surface area contributed by atoms with E-state index < -0.39 is 5.60 Å². The monoisotopic (exact) mass is 499 g/mol. The van der Waals surface area contributed by atoms with Gasteiger partial charge in [-0.25, -0.2) is 14.6 Å². The Balaban J connectivity index is 1.39. The number of urea groups is 1. The summed E-state index contributed by atoms with van der Waals surface area (Å²) in [6.45, 7) is 9.06. The van der Waals surface area contributed by atoms with Gasteiger partial charge in [-0.15, -0.1) is 0 Å². The Morgan fingerprint density at radius 3 is 2.57 bits per heavy atom. The molecule has 2 aromatic rings. The van der Waals surface area contributed by atoms with Gasteiger partial charge in [0.1, 0.15) is 16.6 Å². The molecule has 2 aliphatic heterocycles. The first-order valence-corrected chi connectivity index (χ1v) is 12.6. The third-order valence-electron chi connectivity index (χ3n) is 6.40. The van der Waals surface area contributed by atoms with Crippen molar-refractivity contribution >= 4 is 35.2 Å². The third kappa shape index (κ3) is 6.17. The Bertz CT molecular complexity index is 1080. The zero-order chi connectivity index (χ0) is 25.2. The second-order valence-electron chi connectivity index (χ2n) is 10.3. The van der Waals surface area contributed by atoms with Crippen LogP contribution in [0.4, 0.5) is 21.1 Å². The Hall–Kier alpha value is -3.00. The summed E-state index contributed by atoms with van der Waals surface area (Å²) in [5, 5.41) is 0.339. The summed E-state index contributed by atoms with van der Waals surface area (Å²) in [6.07, 6.45) is 2.37. The SMILES string of the molecule is CC(C)(C)OC(=O)N1CCC(CN2CCCN(c3cccc(-c4ccc(N)nc4Cl)c3)C2=O)CC1. The van der Waals surface area contributed by atoms with Crippen LogP contribution in [0.25, 0.3) is 11.1 Å². The molecule has 0 spiro atoms. The lowest BCUT2D eigenvalue weighted by Gasteiger charge is -2.39. The van der Waals surface area contributed by atoms with Crippen LogP contribution in [-0.4, -0.2) is 65.2 Å². The van der Waals surface area contributed by atoms with Crippen LogP contribution in [0, 0.1) is 5.92 Å². The molecular weight excluding hydrogens is 466 g/mol. The summed E-state index contributed by atoms with van der Waals surface area (Å²) < 4.78 is 5.49. The first-order chi connectivity index (χ1) is 16.6. The maximum Gasteiger partial charge on any atom is 0.410 e. The van der Waals surface area contributed by atoms with E-state index in [4.69, 9.17) is 22.1 Å². The van der Waals surface area contributed by atoms with Crippen LogP contribution < -0.4 is 10.6 Å². The number of nitrogen functional groups attached to an aromatic ring is 1. The minimum Gasteiger partial charge on any atom is -0.444 e. The number of halogens is 1. The molecule has 0 radical (unpaired) electrons. The van der Waals surface area contributed by atoms with Gasteiger partial charge in [-0.2, -0.15) is 0 Å². The van der Waals surface area contributed by atoms with Crippen molar-refractivity contribution in [2.24, 2.45) is 5.92 Å². The number of amides is 3. The van der Waals surface area contributed by atoms with Gasteiger partial charge in [0.15, 0.2) is 0 Å². The Labute approximate surface area is 212 Å². The molecule has 9 heteroatoms. The number of pyridine rings is 1. The lowest BCUT2D eigenvalue weighted by atomic mass is 9.96. The van der Waals surface area contributed by atoms with Crippen LogP contribution in [0.15, 0.2) is 36.4 Å². The topological polar surface area (TPSA) is 92.0 Å². The smallest absolute Gasteiger partial charge is 0.410 e. The molecule has 4 rings (SSSR count). The van der Waals surface area contributed by atoms with Crippen LogP contribution in [0.2, 0.25) is 5.15 Å². The number of nitrogens with two attached hydrogens (primary N) is 1. The van der Waals surface area contributed by atoms with E-state index in [0.29, 0.717) is 43.1 Å². The van der Waals surface area contributed by atoms with Crippen molar-refractivity contribution in [2.75, 3.05) is 43.4 Å². The van der Waals surface area contributed by atoms with Crippen LogP contribution in [-0.2, 0) is 4.74 Å². The van der Waals surface area contributed by atoms with E-state index in [2.05, 4.69) is 4.98 Å². The summed E-state index contributed by atoms with van der Waals surface area (Å²) in [5.41, 5.74) is 7.74. The lowest BCUT2D eigenvalue weighted by Crippen LogP contribution is -2.52. The molecule has 1 aromatic heterocycles. The molecule has 0 bridgehead atoms. The number of likely N-dealkylation sites (tertiary alicyclic amines) is 1. The normalized spacial score (nSPS) is 17.6. The molecule has 188 valence electrons. The van der Waals surface area contributed by atoms with E-state index >= 15 is 0 Å². The van der Waals surface area contributed by atoms with Gasteiger partial charge in [0, 0.05) is 44.0 Å².